The second kappa shape index (κ2) is 29.1. The van der Waals surface area contributed by atoms with Crippen LogP contribution in [0.2, 0.25) is 0 Å². The minimum Gasteiger partial charge on any atom is -0.444 e. The third-order valence-electron chi connectivity index (χ3n) is 5.48. The van der Waals surface area contributed by atoms with E-state index in [1.165, 1.54) is 26.7 Å². The molecule has 0 heterocycles. The minimum atomic E-state index is 0. The van der Waals surface area contributed by atoms with Crippen molar-refractivity contribution in [3.05, 3.63) is 84.6 Å². The summed E-state index contributed by atoms with van der Waals surface area (Å²) < 4.78 is 0. The van der Waals surface area contributed by atoms with E-state index in [9.17, 15) is 9.59 Å². The Hall–Kier alpha value is -2.43. The van der Waals surface area contributed by atoms with Crippen LogP contribution in [0.3, 0.4) is 0 Å². The molecule has 41 heavy (non-hydrogen) atoms. The van der Waals surface area contributed by atoms with Gasteiger partial charge in [-0.3, -0.25) is 19.4 Å². The van der Waals surface area contributed by atoms with Gasteiger partial charge in [0.1, 0.15) is 0 Å². The summed E-state index contributed by atoms with van der Waals surface area (Å²) in [7, 11) is 0. The van der Waals surface area contributed by atoms with Crippen molar-refractivity contribution >= 4 is 23.1 Å². The Bertz CT molecular complexity index is 856. The average molecular weight is 741 g/mol. The molecule has 9 heteroatoms. The fourth-order valence-corrected chi connectivity index (χ4v) is 3.18. The van der Waals surface area contributed by atoms with Gasteiger partial charge in [0.15, 0.2) is 13.2 Å². The van der Waals surface area contributed by atoms with Gasteiger partial charge in [0, 0.05) is 39.7 Å². The van der Waals surface area contributed by atoms with Gasteiger partial charge in [0.25, 0.3) is 0 Å². The van der Waals surface area contributed by atoms with Gasteiger partial charge in [-0.2, -0.15) is 0 Å². The second-order valence-corrected chi connectivity index (χ2v) is 8.63. The summed E-state index contributed by atoms with van der Waals surface area (Å²) in [5.41, 5.74) is 1.40. The molecule has 0 radical (unpaired) electrons. The molecule has 0 amide bonds. The monoisotopic (exact) mass is 742 g/mol. The molecule has 0 bridgehead atoms. The molecular formula is C32H54HfN2O6+4. The van der Waals surface area contributed by atoms with E-state index in [1.807, 2.05) is 36.4 Å². The largest absolute Gasteiger partial charge is 0.444 e. The molecule has 8 N–H and O–H groups in total. The van der Waals surface area contributed by atoms with Crippen LogP contribution in [0, 0.1) is 12.8 Å². The van der Waals surface area contributed by atoms with Crippen molar-refractivity contribution in [3.63, 3.8) is 0 Å². The van der Waals surface area contributed by atoms with Gasteiger partial charge >= 0.3 is 0 Å². The van der Waals surface area contributed by atoms with Gasteiger partial charge < -0.3 is 19.8 Å². The van der Waals surface area contributed by atoms with Crippen LogP contribution in [0.5, 0.6) is 0 Å². The van der Waals surface area contributed by atoms with E-state index in [-0.39, 0.29) is 49.0 Å². The Kier molecular flexibility index (Phi) is 30.5. The first-order chi connectivity index (χ1) is 19.1. The van der Waals surface area contributed by atoms with E-state index in [1.54, 1.807) is 24.3 Å². The molecule has 8 nitrogen and oxygen atoms in total. The molecule has 0 aliphatic rings. The quantitative estimate of drug-likeness (QED) is 0.0968. The average Bonchev–Trinajstić information content (AvgIpc) is 2.96. The molecule has 2 aromatic rings. The maximum Gasteiger partial charge on any atom is 0.247 e. The van der Waals surface area contributed by atoms with E-state index < -0.39 is 0 Å². The van der Waals surface area contributed by atoms with Crippen molar-refractivity contribution in [3.8, 4) is 0 Å². The summed E-state index contributed by atoms with van der Waals surface area (Å²) in [6, 6.07) is 18.1. The predicted octanol–water partition coefficient (Wildman–Crippen LogP) is 2.80. The third kappa shape index (κ3) is 25.0. The zero-order valence-electron chi connectivity index (χ0n) is 25.8. The summed E-state index contributed by atoms with van der Waals surface area (Å²) in [4.78, 5) is 41.0. The fraction of sp³-hybridized carbons (Fsp3) is 0.438. The molecule has 2 aromatic carbocycles. The van der Waals surface area contributed by atoms with E-state index in [0.29, 0.717) is 24.3 Å². The van der Waals surface area contributed by atoms with Crippen LogP contribution < -0.4 is 0 Å². The van der Waals surface area contributed by atoms with Crippen molar-refractivity contribution in [2.75, 3.05) is 52.5 Å². The maximum absolute atomic E-state index is 9.37. The number of ketones is 4. The fourth-order valence-electron chi connectivity index (χ4n) is 3.18. The van der Waals surface area contributed by atoms with E-state index in [0.717, 1.165) is 39.3 Å². The first-order valence-electron chi connectivity index (χ1n) is 13.8. The summed E-state index contributed by atoms with van der Waals surface area (Å²) in [6.45, 7) is 18.7. The topological polar surface area (TPSA) is 138 Å². The standard InChI is InChI=1S/2C10H9O2.2C6H15NO.Hf/c2*1-8(11)7-10(12)9-5-3-2-4-6-9;2*1-3-7(4-2)5-6-8;/h2*2-7H,1H3;2*8H,3-6H2,1-2H3;/q2*-1;;;/p+6. The number of hydrogen-bond acceptors (Lipinski definition) is 2. The molecule has 0 spiro atoms. The van der Waals surface area contributed by atoms with Crippen molar-refractivity contribution in [1.82, 2.24) is 9.80 Å². The molecule has 0 saturated carbocycles. The molecule has 0 aliphatic carbocycles. The number of rotatable bonds is 14. The van der Waals surface area contributed by atoms with Crippen LogP contribution >= 0.6 is 0 Å². The molecule has 0 unspecified atom stereocenters. The third-order valence-corrected chi connectivity index (χ3v) is 5.48. The summed E-state index contributed by atoms with van der Waals surface area (Å²) in [5, 5.41) is 13.8. The number of benzene rings is 2. The van der Waals surface area contributed by atoms with Crippen LogP contribution in [0.15, 0.2) is 60.7 Å². The Balaban J connectivity index is -0.000000476. The maximum atomic E-state index is 9.37. The second-order valence-electron chi connectivity index (χ2n) is 8.63. The van der Waals surface area contributed by atoms with Crippen LogP contribution in [0.4, 0.5) is 0 Å². The smallest absolute Gasteiger partial charge is 0.247 e. The summed E-state index contributed by atoms with van der Waals surface area (Å²) >= 11 is 0. The van der Waals surface area contributed by atoms with Crippen LogP contribution in [-0.2, 0) is 25.8 Å². The first-order valence-corrected chi connectivity index (χ1v) is 13.8. The van der Waals surface area contributed by atoms with Crippen molar-refractivity contribution in [2.45, 2.75) is 41.5 Å². The van der Waals surface area contributed by atoms with Gasteiger partial charge in [-0.15, -0.1) is 24.3 Å². The minimum absolute atomic E-state index is 0. The van der Waals surface area contributed by atoms with Crippen LogP contribution in [0.1, 0.15) is 52.7 Å². The predicted molar refractivity (Wildman–Crippen MR) is 171 cm³/mol. The van der Waals surface area contributed by atoms with Gasteiger partial charge in [-0.25, -0.2) is 0 Å². The molecule has 0 atom stereocenters. The van der Waals surface area contributed by atoms with Gasteiger partial charge in [-0.05, 0) is 39.0 Å². The van der Waals surface area contributed by atoms with Crippen molar-refractivity contribution in [1.29, 1.82) is 0 Å². The van der Waals surface area contributed by atoms with Crippen molar-refractivity contribution < 1.29 is 55.2 Å². The Labute approximate surface area is 265 Å². The Morgan fingerprint density at radius 2 is 0.854 bits per heavy atom. The van der Waals surface area contributed by atoms with Crippen LogP contribution in [-0.4, -0.2) is 115 Å². The normalized spacial score (nSPS) is 9.41. The van der Waals surface area contributed by atoms with Gasteiger partial charge in [0.2, 0.25) is 23.1 Å². The SMILES string of the molecule is CC(=[OH+])[CH-]C(=[OH+])c1ccccc1.CC(=[OH+])[CH-]C(=[OH+])c1ccccc1.CCN(CC)CC[OH2+].CCN(CC)CC[OH2+].[Hf]. The van der Waals surface area contributed by atoms with Crippen molar-refractivity contribution in [2.24, 2.45) is 0 Å². The molecule has 0 aromatic heterocycles. The summed E-state index contributed by atoms with van der Waals surface area (Å²) in [5.74, 6) is 0.346. The first kappa shape index (κ1) is 43.0. The summed E-state index contributed by atoms with van der Waals surface area (Å²) in [6.07, 6.45) is 2.63. The zero-order chi connectivity index (χ0) is 30.8. The Morgan fingerprint density at radius 3 is 1.02 bits per heavy atom. The molecule has 0 aliphatic heterocycles. The van der Waals surface area contributed by atoms with Gasteiger partial charge in [0.05, 0.1) is 13.1 Å². The number of carbonyl (C=O) groups excluding carboxylic acids is 4. The molecule has 228 valence electrons. The number of likely N-dealkylation sites (N-methyl/N-ethyl adjacent to an activating group) is 2. The van der Waals surface area contributed by atoms with Gasteiger partial charge in [-0.1, -0.05) is 75.2 Å². The zero-order valence-corrected chi connectivity index (χ0v) is 29.4. The molecule has 0 fully saturated rings. The van der Waals surface area contributed by atoms with E-state index in [2.05, 4.69) is 37.5 Å². The van der Waals surface area contributed by atoms with E-state index in [4.69, 9.17) is 19.8 Å². The molecule has 2 rings (SSSR count). The molecule has 0 saturated heterocycles. The number of hydrogen-bond donors (Lipinski definition) is 0. The van der Waals surface area contributed by atoms with E-state index >= 15 is 0 Å². The van der Waals surface area contributed by atoms with Crippen LogP contribution in [0.25, 0.3) is 0 Å². The Morgan fingerprint density at radius 1 is 0.585 bits per heavy atom. The molecular weight excluding hydrogens is 687 g/mol. The number of nitrogens with zero attached hydrogens (tertiary/aromatic N) is 2.